The maximum Gasteiger partial charge on any atom is 0.122 e. The quantitative estimate of drug-likeness (QED) is 0.386. The maximum absolute atomic E-state index is 9.68. The lowest BCUT2D eigenvalue weighted by Crippen LogP contribution is -2.29. The lowest BCUT2D eigenvalue weighted by atomic mass is 10.2. The van der Waals surface area contributed by atoms with E-state index in [1.165, 1.54) is 0 Å². The zero-order valence-electron chi connectivity index (χ0n) is 5.40. The zero-order chi connectivity index (χ0) is 7.28. The Kier molecular flexibility index (Phi) is 8.09. The van der Waals surface area contributed by atoms with Gasteiger partial charge < -0.3 is 25.6 Å². The van der Waals surface area contributed by atoms with Crippen LogP contribution in [0.15, 0.2) is 0 Å². The summed E-state index contributed by atoms with van der Waals surface area (Å²) in [5, 5.41) is 25.5. The summed E-state index contributed by atoms with van der Waals surface area (Å²) in [7, 11) is 0. The Morgan fingerprint density at radius 3 is 2.10 bits per heavy atom. The number of aliphatic hydroxyl groups is 3. The number of hydrogen-bond donors (Lipinski definition) is 3. The Morgan fingerprint density at radius 1 is 1.30 bits per heavy atom. The minimum Gasteiger partial charge on any atom is -0.412 e. The van der Waals surface area contributed by atoms with Gasteiger partial charge in [0.15, 0.2) is 0 Å². The minimum absolute atomic E-state index is 0. The van der Waals surface area contributed by atoms with E-state index in [9.17, 15) is 4.79 Å². The van der Waals surface area contributed by atoms with Gasteiger partial charge in [-0.1, -0.05) is 0 Å². The third kappa shape index (κ3) is 4.39. The second-order valence-corrected chi connectivity index (χ2v) is 1.72. The van der Waals surface area contributed by atoms with Crippen molar-refractivity contribution in [2.24, 2.45) is 0 Å². The van der Waals surface area contributed by atoms with Crippen LogP contribution in [0.1, 0.15) is 6.42 Å². The average Bonchev–Trinajstić information content (AvgIpc) is 1.87. The molecule has 0 bridgehead atoms. The van der Waals surface area contributed by atoms with Crippen molar-refractivity contribution in [3.8, 4) is 0 Å². The van der Waals surface area contributed by atoms with Crippen LogP contribution in [-0.2, 0) is 4.79 Å². The van der Waals surface area contributed by atoms with Crippen LogP contribution in [0, 0.1) is 0 Å². The summed E-state index contributed by atoms with van der Waals surface area (Å²) in [6.45, 7) is -0.519. The number of rotatable bonds is 4. The molecule has 62 valence electrons. The van der Waals surface area contributed by atoms with Crippen molar-refractivity contribution < 1.29 is 25.6 Å². The SMILES string of the molecule is O.O=CC[C@H](O)[C@H](O)CO. The first-order valence-corrected chi connectivity index (χ1v) is 2.63. The van der Waals surface area contributed by atoms with Crippen LogP contribution in [0.4, 0.5) is 0 Å². The first-order valence-electron chi connectivity index (χ1n) is 2.63. The van der Waals surface area contributed by atoms with Crippen molar-refractivity contribution in [1.29, 1.82) is 0 Å². The van der Waals surface area contributed by atoms with Crippen LogP contribution in [0.3, 0.4) is 0 Å². The van der Waals surface area contributed by atoms with Gasteiger partial charge in [0.1, 0.15) is 12.4 Å². The number of aldehydes is 1. The van der Waals surface area contributed by atoms with Crippen molar-refractivity contribution in [1.82, 2.24) is 0 Å². The molecule has 0 unspecified atom stereocenters. The van der Waals surface area contributed by atoms with E-state index in [0.29, 0.717) is 6.29 Å². The summed E-state index contributed by atoms with van der Waals surface area (Å²) in [6.07, 6.45) is -1.98. The van der Waals surface area contributed by atoms with E-state index in [-0.39, 0.29) is 11.9 Å². The summed E-state index contributed by atoms with van der Waals surface area (Å²) in [6, 6.07) is 0. The third-order valence-corrected chi connectivity index (χ3v) is 0.969. The fourth-order valence-electron chi connectivity index (χ4n) is 0.377. The highest BCUT2D eigenvalue weighted by Gasteiger charge is 2.13. The van der Waals surface area contributed by atoms with Crippen LogP contribution >= 0.6 is 0 Å². The molecule has 0 amide bonds. The molecule has 0 aromatic rings. The molecular weight excluding hydrogens is 140 g/mol. The molecule has 0 aliphatic rings. The summed E-state index contributed by atoms with van der Waals surface area (Å²) >= 11 is 0. The van der Waals surface area contributed by atoms with E-state index >= 15 is 0 Å². The molecule has 0 aromatic carbocycles. The van der Waals surface area contributed by atoms with Crippen molar-refractivity contribution in [3.05, 3.63) is 0 Å². The molecule has 0 saturated carbocycles. The van der Waals surface area contributed by atoms with Gasteiger partial charge in [0.2, 0.25) is 0 Å². The summed E-state index contributed by atoms with van der Waals surface area (Å²) in [5.41, 5.74) is 0. The van der Waals surface area contributed by atoms with Crippen LogP contribution in [0.5, 0.6) is 0 Å². The molecule has 5 N–H and O–H groups in total. The standard InChI is InChI=1S/C5H10O4.H2O/c6-2-1-4(8)5(9)3-7;/h2,4-5,7-9H,1,3H2;1H2/t4-,5+;/m0./s1. The fraction of sp³-hybridized carbons (Fsp3) is 0.800. The van der Waals surface area contributed by atoms with Gasteiger partial charge >= 0.3 is 0 Å². The second kappa shape index (κ2) is 6.63. The molecule has 0 fully saturated rings. The lowest BCUT2D eigenvalue weighted by Gasteiger charge is -2.11. The molecule has 0 spiro atoms. The maximum atomic E-state index is 9.68. The molecule has 5 heteroatoms. The van der Waals surface area contributed by atoms with Gasteiger partial charge in [-0.3, -0.25) is 0 Å². The highest BCUT2D eigenvalue weighted by atomic mass is 16.4. The largest absolute Gasteiger partial charge is 0.412 e. The molecule has 0 aliphatic heterocycles. The van der Waals surface area contributed by atoms with Crippen molar-refractivity contribution in [2.45, 2.75) is 18.6 Å². The molecule has 10 heavy (non-hydrogen) atoms. The normalized spacial score (nSPS) is 15.1. The van der Waals surface area contributed by atoms with Gasteiger partial charge in [0, 0.05) is 6.42 Å². The molecule has 5 nitrogen and oxygen atoms in total. The third-order valence-electron chi connectivity index (χ3n) is 0.969. The van der Waals surface area contributed by atoms with E-state index in [2.05, 4.69) is 0 Å². The van der Waals surface area contributed by atoms with E-state index in [4.69, 9.17) is 15.3 Å². The number of hydrogen-bond acceptors (Lipinski definition) is 4. The van der Waals surface area contributed by atoms with Crippen LogP contribution in [0.2, 0.25) is 0 Å². The lowest BCUT2D eigenvalue weighted by molar-refractivity contribution is -0.111. The van der Waals surface area contributed by atoms with Gasteiger partial charge in [-0.25, -0.2) is 0 Å². The van der Waals surface area contributed by atoms with Gasteiger partial charge in [0.25, 0.3) is 0 Å². The Bertz CT molecular complexity index is 84.1. The van der Waals surface area contributed by atoms with Crippen molar-refractivity contribution in [3.63, 3.8) is 0 Å². The number of aliphatic hydroxyl groups excluding tert-OH is 3. The molecule has 0 heterocycles. The zero-order valence-corrected chi connectivity index (χ0v) is 5.40. The molecule has 0 rings (SSSR count). The van der Waals surface area contributed by atoms with Crippen LogP contribution in [0.25, 0.3) is 0 Å². The Hall–Kier alpha value is -0.490. The number of carbonyl (C=O) groups excluding carboxylic acids is 1. The van der Waals surface area contributed by atoms with Gasteiger partial charge in [-0.05, 0) is 0 Å². The van der Waals surface area contributed by atoms with E-state index in [1.54, 1.807) is 0 Å². The molecule has 0 aromatic heterocycles. The van der Waals surface area contributed by atoms with E-state index in [1.807, 2.05) is 0 Å². The minimum atomic E-state index is -1.20. The van der Waals surface area contributed by atoms with Gasteiger partial charge in [0.05, 0.1) is 12.7 Å². The Morgan fingerprint density at radius 2 is 1.80 bits per heavy atom. The van der Waals surface area contributed by atoms with Gasteiger partial charge in [-0.15, -0.1) is 0 Å². The highest BCUT2D eigenvalue weighted by molar-refractivity contribution is 5.50. The summed E-state index contributed by atoms with van der Waals surface area (Å²) in [5.74, 6) is 0. The first kappa shape index (κ1) is 12.2. The first-order chi connectivity index (χ1) is 4.22. The fourth-order valence-corrected chi connectivity index (χ4v) is 0.377. The molecule has 0 saturated heterocycles. The van der Waals surface area contributed by atoms with Crippen LogP contribution in [-0.4, -0.2) is 45.9 Å². The van der Waals surface area contributed by atoms with E-state index in [0.717, 1.165) is 0 Å². The molecule has 0 radical (unpaired) electrons. The predicted molar refractivity (Wildman–Crippen MR) is 33.4 cm³/mol. The van der Waals surface area contributed by atoms with Crippen LogP contribution < -0.4 is 0 Å². The Labute approximate surface area is 58.2 Å². The smallest absolute Gasteiger partial charge is 0.122 e. The highest BCUT2D eigenvalue weighted by Crippen LogP contribution is 1.94. The van der Waals surface area contributed by atoms with Gasteiger partial charge in [-0.2, -0.15) is 0 Å². The molecular formula is C5H12O5. The number of carbonyl (C=O) groups is 1. The molecule has 0 aliphatic carbocycles. The van der Waals surface area contributed by atoms with Crippen molar-refractivity contribution >= 4 is 6.29 Å². The molecule has 2 atom stereocenters. The summed E-state index contributed by atoms with van der Waals surface area (Å²) < 4.78 is 0. The van der Waals surface area contributed by atoms with Crippen molar-refractivity contribution in [2.75, 3.05) is 6.61 Å². The average molecular weight is 152 g/mol. The van der Waals surface area contributed by atoms with E-state index < -0.39 is 18.8 Å². The Balaban J connectivity index is 0. The summed E-state index contributed by atoms with van der Waals surface area (Å²) in [4.78, 5) is 9.68. The topological polar surface area (TPSA) is 109 Å². The second-order valence-electron chi connectivity index (χ2n) is 1.72. The monoisotopic (exact) mass is 152 g/mol. The predicted octanol–water partition coefficient (Wildman–Crippen LogP) is -2.54.